The molecule has 1 fully saturated rings. The molecule has 0 radical (unpaired) electrons. The summed E-state index contributed by atoms with van der Waals surface area (Å²) in [6.07, 6.45) is 3.64. The van der Waals surface area contributed by atoms with Crippen LogP contribution in [-0.2, 0) is 9.59 Å². The predicted octanol–water partition coefficient (Wildman–Crippen LogP) is 0.131. The molecule has 16 heavy (non-hydrogen) atoms. The van der Waals surface area contributed by atoms with Gasteiger partial charge in [-0.15, -0.1) is 6.58 Å². The minimum absolute atomic E-state index is 0.0131. The maximum atomic E-state index is 11.4. The summed E-state index contributed by atoms with van der Waals surface area (Å²) in [5.74, 6) is -1.15. The lowest BCUT2D eigenvalue weighted by Gasteiger charge is -2.12. The van der Waals surface area contributed by atoms with Crippen LogP contribution < -0.4 is 10.6 Å². The minimum Gasteiger partial charge on any atom is -0.481 e. The van der Waals surface area contributed by atoms with Crippen molar-refractivity contribution < 1.29 is 14.7 Å². The van der Waals surface area contributed by atoms with E-state index in [2.05, 4.69) is 17.2 Å². The lowest BCUT2D eigenvalue weighted by molar-refractivity contribution is -0.141. The SMILES string of the molecule is C=CCNCC(=O)N[C@H]1CC[C@@H](C(=O)O)C1. The van der Waals surface area contributed by atoms with Crippen LogP contribution in [0.5, 0.6) is 0 Å². The molecule has 1 saturated carbocycles. The third kappa shape index (κ3) is 4.02. The molecule has 0 spiro atoms. The molecule has 1 aliphatic rings. The Morgan fingerprint density at radius 3 is 2.75 bits per heavy atom. The first-order chi connectivity index (χ1) is 7.63. The molecule has 3 N–H and O–H groups in total. The van der Waals surface area contributed by atoms with Gasteiger partial charge >= 0.3 is 5.97 Å². The Bertz CT molecular complexity index is 278. The van der Waals surface area contributed by atoms with Crippen LogP contribution in [0, 0.1) is 5.92 Å². The highest BCUT2D eigenvalue weighted by molar-refractivity contribution is 5.78. The van der Waals surface area contributed by atoms with E-state index in [0.29, 0.717) is 19.4 Å². The highest BCUT2D eigenvalue weighted by Crippen LogP contribution is 2.25. The quantitative estimate of drug-likeness (QED) is 0.444. The monoisotopic (exact) mass is 226 g/mol. The Balaban J connectivity index is 2.20. The maximum Gasteiger partial charge on any atom is 0.306 e. The van der Waals surface area contributed by atoms with Crippen molar-refractivity contribution in [2.45, 2.75) is 25.3 Å². The molecule has 0 aromatic carbocycles. The summed E-state index contributed by atoms with van der Waals surface area (Å²) in [4.78, 5) is 22.1. The number of carboxylic acids is 1. The van der Waals surface area contributed by atoms with Gasteiger partial charge in [-0.25, -0.2) is 0 Å². The van der Waals surface area contributed by atoms with Crippen molar-refractivity contribution in [3.8, 4) is 0 Å². The molecule has 1 rings (SSSR count). The van der Waals surface area contributed by atoms with E-state index < -0.39 is 5.97 Å². The van der Waals surface area contributed by atoms with E-state index >= 15 is 0 Å². The molecular weight excluding hydrogens is 208 g/mol. The van der Waals surface area contributed by atoms with Gasteiger partial charge < -0.3 is 15.7 Å². The molecular formula is C11H18N2O3. The van der Waals surface area contributed by atoms with Crippen LogP contribution in [0.15, 0.2) is 12.7 Å². The number of rotatable bonds is 6. The Hall–Kier alpha value is -1.36. The van der Waals surface area contributed by atoms with Gasteiger partial charge in [0.25, 0.3) is 0 Å². The van der Waals surface area contributed by atoms with Crippen LogP contribution in [0.1, 0.15) is 19.3 Å². The first kappa shape index (κ1) is 12.7. The molecule has 0 aliphatic heterocycles. The van der Waals surface area contributed by atoms with Gasteiger partial charge in [0.2, 0.25) is 5.91 Å². The number of carbonyl (C=O) groups excluding carboxylic acids is 1. The molecule has 1 amide bonds. The van der Waals surface area contributed by atoms with E-state index in [1.165, 1.54) is 0 Å². The van der Waals surface area contributed by atoms with E-state index in [-0.39, 0.29) is 24.4 Å². The van der Waals surface area contributed by atoms with Gasteiger partial charge in [0.1, 0.15) is 0 Å². The van der Waals surface area contributed by atoms with Crippen molar-refractivity contribution in [2.75, 3.05) is 13.1 Å². The van der Waals surface area contributed by atoms with Crippen LogP contribution in [0.4, 0.5) is 0 Å². The summed E-state index contributed by atoms with van der Waals surface area (Å²) in [5.41, 5.74) is 0. The molecule has 90 valence electrons. The van der Waals surface area contributed by atoms with Crippen molar-refractivity contribution in [2.24, 2.45) is 5.92 Å². The highest BCUT2D eigenvalue weighted by atomic mass is 16.4. The molecule has 5 heteroatoms. The third-order valence-corrected chi connectivity index (χ3v) is 2.72. The van der Waals surface area contributed by atoms with Gasteiger partial charge in [-0.05, 0) is 19.3 Å². The normalized spacial score (nSPS) is 24.0. The summed E-state index contributed by atoms with van der Waals surface area (Å²) >= 11 is 0. The maximum absolute atomic E-state index is 11.4. The van der Waals surface area contributed by atoms with E-state index in [0.717, 1.165) is 6.42 Å². The average Bonchev–Trinajstić information content (AvgIpc) is 2.66. The van der Waals surface area contributed by atoms with Crippen LogP contribution >= 0.6 is 0 Å². The summed E-state index contributed by atoms with van der Waals surface area (Å²) in [6, 6.07) is 0.0131. The van der Waals surface area contributed by atoms with Crippen LogP contribution in [0.2, 0.25) is 0 Å². The van der Waals surface area contributed by atoms with Crippen molar-refractivity contribution in [1.82, 2.24) is 10.6 Å². The van der Waals surface area contributed by atoms with Crippen LogP contribution in [0.25, 0.3) is 0 Å². The zero-order valence-corrected chi connectivity index (χ0v) is 9.24. The van der Waals surface area contributed by atoms with Crippen molar-refractivity contribution in [3.63, 3.8) is 0 Å². The van der Waals surface area contributed by atoms with E-state index in [1.54, 1.807) is 6.08 Å². The molecule has 0 bridgehead atoms. The zero-order chi connectivity index (χ0) is 12.0. The molecule has 1 aliphatic carbocycles. The van der Waals surface area contributed by atoms with Crippen molar-refractivity contribution >= 4 is 11.9 Å². The summed E-state index contributed by atoms with van der Waals surface area (Å²) in [6.45, 7) is 4.37. The van der Waals surface area contributed by atoms with Crippen LogP contribution in [0.3, 0.4) is 0 Å². The standard InChI is InChI=1S/C11H18N2O3/c1-2-5-12-7-10(14)13-9-4-3-8(6-9)11(15)16/h2,8-9,12H,1,3-7H2,(H,13,14)(H,15,16)/t8-,9+/m1/s1. The summed E-state index contributed by atoms with van der Waals surface area (Å²) in [7, 11) is 0. The zero-order valence-electron chi connectivity index (χ0n) is 9.24. The van der Waals surface area contributed by atoms with Gasteiger partial charge in [-0.3, -0.25) is 9.59 Å². The van der Waals surface area contributed by atoms with Gasteiger partial charge in [0.05, 0.1) is 12.5 Å². The molecule has 2 atom stereocenters. The van der Waals surface area contributed by atoms with Crippen molar-refractivity contribution in [3.05, 3.63) is 12.7 Å². The third-order valence-electron chi connectivity index (χ3n) is 2.72. The average molecular weight is 226 g/mol. The second-order valence-electron chi connectivity index (χ2n) is 4.03. The number of carboxylic acid groups (broad SMARTS) is 1. The largest absolute Gasteiger partial charge is 0.481 e. The first-order valence-electron chi connectivity index (χ1n) is 5.47. The van der Waals surface area contributed by atoms with Gasteiger partial charge in [-0.2, -0.15) is 0 Å². The van der Waals surface area contributed by atoms with Gasteiger partial charge in [0, 0.05) is 12.6 Å². The predicted molar refractivity (Wildman–Crippen MR) is 60.0 cm³/mol. The van der Waals surface area contributed by atoms with E-state index in [4.69, 9.17) is 5.11 Å². The second-order valence-corrected chi connectivity index (χ2v) is 4.03. The van der Waals surface area contributed by atoms with E-state index in [9.17, 15) is 9.59 Å². The number of hydrogen-bond acceptors (Lipinski definition) is 3. The fourth-order valence-electron chi connectivity index (χ4n) is 1.90. The number of hydrogen-bond donors (Lipinski definition) is 3. The molecule has 0 saturated heterocycles. The molecule has 0 unspecified atom stereocenters. The summed E-state index contributed by atoms with van der Waals surface area (Å²) in [5, 5.41) is 14.5. The van der Waals surface area contributed by atoms with Crippen molar-refractivity contribution in [1.29, 1.82) is 0 Å². The Labute approximate surface area is 94.9 Å². The topological polar surface area (TPSA) is 78.4 Å². The fourth-order valence-corrected chi connectivity index (χ4v) is 1.90. The Morgan fingerprint density at radius 2 is 2.19 bits per heavy atom. The lowest BCUT2D eigenvalue weighted by atomic mass is 10.1. The number of carbonyl (C=O) groups is 2. The fraction of sp³-hybridized carbons (Fsp3) is 0.636. The Kier molecular flexibility index (Phi) is 4.98. The Morgan fingerprint density at radius 1 is 1.44 bits per heavy atom. The minimum atomic E-state index is -0.762. The highest BCUT2D eigenvalue weighted by Gasteiger charge is 2.30. The molecule has 5 nitrogen and oxygen atoms in total. The first-order valence-corrected chi connectivity index (χ1v) is 5.47. The van der Waals surface area contributed by atoms with Crippen LogP contribution in [-0.4, -0.2) is 36.1 Å². The summed E-state index contributed by atoms with van der Waals surface area (Å²) < 4.78 is 0. The number of aliphatic carboxylic acids is 1. The smallest absolute Gasteiger partial charge is 0.306 e. The molecule has 0 aromatic heterocycles. The number of nitrogens with one attached hydrogen (secondary N) is 2. The number of amides is 1. The van der Waals surface area contributed by atoms with Gasteiger partial charge in [0.15, 0.2) is 0 Å². The lowest BCUT2D eigenvalue weighted by Crippen LogP contribution is -2.39. The molecule has 0 aromatic rings. The van der Waals surface area contributed by atoms with Gasteiger partial charge in [-0.1, -0.05) is 6.08 Å². The molecule has 0 heterocycles. The van der Waals surface area contributed by atoms with E-state index in [1.807, 2.05) is 0 Å². The second kappa shape index (κ2) is 6.27.